The number of nitrogens with zero attached hydrogens (tertiary/aromatic N) is 1. The van der Waals surface area contributed by atoms with Gasteiger partial charge in [0.1, 0.15) is 6.61 Å². The second-order valence-electron chi connectivity index (χ2n) is 6.99. The zero-order valence-electron chi connectivity index (χ0n) is 15.9. The fraction of sp³-hybridized carbons (Fsp3) is 0.318. The van der Waals surface area contributed by atoms with Crippen molar-refractivity contribution in [1.82, 2.24) is 4.90 Å². The SMILES string of the molecule is C=C(C)COc1c(CN2Cc3ccccc3C[C@H]2C(N)=O)cccc1OC. The average Bonchev–Trinajstić information content (AvgIpc) is 2.65. The molecular formula is C22H26N2O3. The van der Waals surface area contributed by atoms with Crippen LogP contribution in [0.3, 0.4) is 0 Å². The number of hydrogen-bond donors (Lipinski definition) is 1. The summed E-state index contributed by atoms with van der Waals surface area (Å²) in [4.78, 5) is 14.2. The summed E-state index contributed by atoms with van der Waals surface area (Å²) >= 11 is 0. The molecule has 2 aromatic carbocycles. The molecule has 1 amide bonds. The smallest absolute Gasteiger partial charge is 0.235 e. The maximum absolute atomic E-state index is 12.1. The van der Waals surface area contributed by atoms with Crippen LogP contribution in [0.5, 0.6) is 11.5 Å². The summed E-state index contributed by atoms with van der Waals surface area (Å²) in [6.45, 7) is 7.44. The molecule has 0 aromatic heterocycles. The van der Waals surface area contributed by atoms with E-state index >= 15 is 0 Å². The van der Waals surface area contributed by atoms with Gasteiger partial charge in [-0.2, -0.15) is 0 Å². The van der Waals surface area contributed by atoms with Gasteiger partial charge in [0.25, 0.3) is 0 Å². The van der Waals surface area contributed by atoms with Crippen molar-refractivity contribution in [3.05, 3.63) is 71.3 Å². The largest absolute Gasteiger partial charge is 0.493 e. The first-order valence-corrected chi connectivity index (χ1v) is 9.02. The fourth-order valence-corrected chi connectivity index (χ4v) is 3.45. The predicted octanol–water partition coefficient (Wildman–Crippen LogP) is 3.06. The number of carbonyl (C=O) groups is 1. The highest BCUT2D eigenvalue weighted by Gasteiger charge is 2.30. The van der Waals surface area contributed by atoms with Gasteiger partial charge >= 0.3 is 0 Å². The maximum atomic E-state index is 12.1. The zero-order valence-corrected chi connectivity index (χ0v) is 15.9. The van der Waals surface area contributed by atoms with Crippen molar-refractivity contribution in [2.45, 2.75) is 32.5 Å². The van der Waals surface area contributed by atoms with E-state index in [0.717, 1.165) is 11.1 Å². The Morgan fingerprint density at radius 2 is 1.96 bits per heavy atom. The van der Waals surface area contributed by atoms with E-state index in [4.69, 9.17) is 15.2 Å². The minimum atomic E-state index is -0.347. The lowest BCUT2D eigenvalue weighted by Crippen LogP contribution is -2.48. The second-order valence-corrected chi connectivity index (χ2v) is 6.99. The van der Waals surface area contributed by atoms with E-state index in [1.54, 1.807) is 7.11 Å². The third kappa shape index (κ3) is 4.31. The molecule has 0 spiro atoms. The van der Waals surface area contributed by atoms with Crippen molar-refractivity contribution >= 4 is 5.91 Å². The van der Waals surface area contributed by atoms with Crippen LogP contribution >= 0.6 is 0 Å². The summed E-state index contributed by atoms with van der Waals surface area (Å²) in [5.41, 5.74) is 10.0. The van der Waals surface area contributed by atoms with Crippen molar-refractivity contribution < 1.29 is 14.3 Å². The maximum Gasteiger partial charge on any atom is 0.235 e. The Hall–Kier alpha value is -2.79. The number of primary amides is 1. The van der Waals surface area contributed by atoms with Crippen LogP contribution in [0.4, 0.5) is 0 Å². The third-order valence-corrected chi connectivity index (χ3v) is 4.79. The highest BCUT2D eigenvalue weighted by Crippen LogP contribution is 2.34. The van der Waals surface area contributed by atoms with E-state index in [1.165, 1.54) is 11.1 Å². The molecule has 0 saturated carbocycles. The third-order valence-electron chi connectivity index (χ3n) is 4.79. The molecule has 142 valence electrons. The molecule has 3 rings (SSSR count). The van der Waals surface area contributed by atoms with Crippen molar-refractivity contribution in [3.8, 4) is 11.5 Å². The summed E-state index contributed by atoms with van der Waals surface area (Å²) in [6, 6.07) is 13.6. The number of methoxy groups -OCH3 is 1. The number of ether oxygens (including phenoxy) is 2. The number of benzene rings is 2. The first-order chi connectivity index (χ1) is 13.0. The summed E-state index contributed by atoms with van der Waals surface area (Å²) in [5.74, 6) is 1.05. The number of carbonyl (C=O) groups excluding carboxylic acids is 1. The van der Waals surface area contributed by atoms with Gasteiger partial charge in [-0.3, -0.25) is 9.69 Å². The molecule has 0 unspecified atom stereocenters. The van der Waals surface area contributed by atoms with Crippen LogP contribution in [0, 0.1) is 0 Å². The van der Waals surface area contributed by atoms with Crippen molar-refractivity contribution in [2.24, 2.45) is 5.73 Å². The monoisotopic (exact) mass is 366 g/mol. The minimum Gasteiger partial charge on any atom is -0.493 e. The number of nitrogens with two attached hydrogens (primary N) is 1. The Bertz CT molecular complexity index is 847. The minimum absolute atomic E-state index is 0.309. The van der Waals surface area contributed by atoms with E-state index in [2.05, 4.69) is 23.6 Å². The molecule has 2 N–H and O–H groups in total. The lowest BCUT2D eigenvalue weighted by Gasteiger charge is -2.35. The molecule has 27 heavy (non-hydrogen) atoms. The van der Waals surface area contributed by atoms with Gasteiger partial charge in [-0.1, -0.05) is 43.0 Å². The first-order valence-electron chi connectivity index (χ1n) is 9.02. The van der Waals surface area contributed by atoms with Crippen molar-refractivity contribution in [1.29, 1.82) is 0 Å². The van der Waals surface area contributed by atoms with Crippen LogP contribution in [0.15, 0.2) is 54.6 Å². The quantitative estimate of drug-likeness (QED) is 0.765. The molecule has 5 nitrogen and oxygen atoms in total. The fourth-order valence-electron chi connectivity index (χ4n) is 3.45. The average molecular weight is 366 g/mol. The van der Waals surface area contributed by atoms with E-state index in [0.29, 0.717) is 37.6 Å². The molecule has 0 fully saturated rings. The van der Waals surface area contributed by atoms with Gasteiger partial charge in [0, 0.05) is 18.7 Å². The number of rotatable bonds is 7. The normalized spacial score (nSPS) is 16.4. The Morgan fingerprint density at radius 3 is 2.63 bits per heavy atom. The van der Waals surface area contributed by atoms with Crippen LogP contribution in [-0.2, 0) is 24.3 Å². The van der Waals surface area contributed by atoms with E-state index in [-0.39, 0.29) is 11.9 Å². The molecule has 2 aromatic rings. The van der Waals surface area contributed by atoms with Crippen molar-refractivity contribution in [2.75, 3.05) is 13.7 Å². The van der Waals surface area contributed by atoms with E-state index in [9.17, 15) is 4.79 Å². The Labute approximate surface area is 160 Å². The number of hydrogen-bond acceptors (Lipinski definition) is 4. The van der Waals surface area contributed by atoms with Gasteiger partial charge < -0.3 is 15.2 Å². The molecule has 1 aliphatic rings. The van der Waals surface area contributed by atoms with E-state index < -0.39 is 0 Å². The summed E-state index contributed by atoms with van der Waals surface area (Å²) in [5, 5.41) is 0. The molecule has 5 heteroatoms. The van der Waals surface area contributed by atoms with Crippen LogP contribution in [0.25, 0.3) is 0 Å². The lowest BCUT2D eigenvalue weighted by molar-refractivity contribution is -0.124. The first kappa shape index (κ1) is 19.0. The molecule has 0 saturated heterocycles. The topological polar surface area (TPSA) is 64.8 Å². The van der Waals surface area contributed by atoms with Gasteiger partial charge in [-0.25, -0.2) is 0 Å². The molecule has 0 radical (unpaired) electrons. The Morgan fingerprint density at radius 1 is 1.22 bits per heavy atom. The number of amides is 1. The van der Waals surface area contributed by atoms with E-state index in [1.807, 2.05) is 37.3 Å². The van der Waals surface area contributed by atoms with Gasteiger partial charge in [-0.15, -0.1) is 0 Å². The molecule has 0 bridgehead atoms. The van der Waals surface area contributed by atoms with Crippen LogP contribution in [0.2, 0.25) is 0 Å². The second kappa shape index (κ2) is 8.27. The van der Waals surface area contributed by atoms with Crippen LogP contribution in [0.1, 0.15) is 23.6 Å². The molecule has 1 aliphatic heterocycles. The van der Waals surface area contributed by atoms with Gasteiger partial charge in [0.15, 0.2) is 11.5 Å². The molecule has 1 heterocycles. The lowest BCUT2D eigenvalue weighted by atomic mass is 9.93. The highest BCUT2D eigenvalue weighted by atomic mass is 16.5. The Balaban J connectivity index is 1.91. The molecule has 0 aliphatic carbocycles. The Kier molecular flexibility index (Phi) is 5.81. The number of para-hydroxylation sites is 1. The summed E-state index contributed by atoms with van der Waals surface area (Å²) in [6.07, 6.45) is 0.622. The predicted molar refractivity (Wildman–Crippen MR) is 106 cm³/mol. The summed E-state index contributed by atoms with van der Waals surface area (Å²) < 4.78 is 11.4. The number of fused-ring (bicyclic) bond motifs is 1. The van der Waals surface area contributed by atoms with Gasteiger partial charge in [-0.05, 0) is 36.1 Å². The van der Waals surface area contributed by atoms with Gasteiger partial charge in [0.2, 0.25) is 5.91 Å². The molecule has 1 atom stereocenters. The molecular weight excluding hydrogens is 340 g/mol. The van der Waals surface area contributed by atoms with Crippen LogP contribution in [-0.4, -0.2) is 30.6 Å². The highest BCUT2D eigenvalue weighted by molar-refractivity contribution is 5.80. The van der Waals surface area contributed by atoms with Crippen molar-refractivity contribution in [3.63, 3.8) is 0 Å². The van der Waals surface area contributed by atoms with Gasteiger partial charge in [0.05, 0.1) is 13.2 Å². The van der Waals surface area contributed by atoms with Crippen LogP contribution < -0.4 is 15.2 Å². The zero-order chi connectivity index (χ0) is 19.4. The standard InChI is InChI=1S/C22H26N2O3/c1-15(2)14-27-21-18(9-6-10-20(21)26-3)13-24-12-17-8-5-4-7-16(17)11-19(24)22(23)25/h4-10,19H,1,11-14H2,2-3H3,(H2,23,25)/t19-/m0/s1. The summed E-state index contributed by atoms with van der Waals surface area (Å²) in [7, 11) is 1.62.